The van der Waals surface area contributed by atoms with Crippen LogP contribution in [-0.4, -0.2) is 6.54 Å². The first-order valence-corrected chi connectivity index (χ1v) is 6.99. The van der Waals surface area contributed by atoms with E-state index in [0.29, 0.717) is 6.54 Å². The Morgan fingerprint density at radius 2 is 2.05 bits per heavy atom. The fourth-order valence-corrected chi connectivity index (χ4v) is 3.09. The van der Waals surface area contributed by atoms with E-state index in [4.69, 9.17) is 5.73 Å². The summed E-state index contributed by atoms with van der Waals surface area (Å²) in [6.07, 6.45) is 0.997. The average molecular weight is 321 g/mol. The maximum atomic E-state index is 13.4. The van der Waals surface area contributed by atoms with Gasteiger partial charge in [-0.2, -0.15) is 0 Å². The van der Waals surface area contributed by atoms with Crippen LogP contribution >= 0.6 is 15.9 Å². The van der Waals surface area contributed by atoms with Crippen LogP contribution in [0.15, 0.2) is 40.9 Å². The van der Waals surface area contributed by atoms with Gasteiger partial charge in [0.15, 0.2) is 0 Å². The minimum absolute atomic E-state index is 0.207. The quantitative estimate of drug-likeness (QED) is 0.854. The van der Waals surface area contributed by atoms with Gasteiger partial charge in [-0.25, -0.2) is 4.39 Å². The van der Waals surface area contributed by atoms with Gasteiger partial charge in [-0.1, -0.05) is 15.9 Å². The van der Waals surface area contributed by atoms with Crippen LogP contribution in [-0.2, 0) is 13.0 Å². The number of nitrogens with zero attached hydrogens (tertiary/aromatic N) is 1. The standard InChI is InChI=1S/C15H14BrFN2/c16-12-5-10(6-13(17)8-12)9-19-4-3-11-7-14(18)1-2-15(11)19/h1-2,5-8H,3-4,9,18H2. The van der Waals surface area contributed by atoms with Gasteiger partial charge < -0.3 is 10.6 Å². The van der Waals surface area contributed by atoms with Gasteiger partial charge in [-0.3, -0.25) is 0 Å². The minimum Gasteiger partial charge on any atom is -0.399 e. The molecule has 1 aliphatic rings. The van der Waals surface area contributed by atoms with Crippen molar-refractivity contribution in [3.8, 4) is 0 Å². The molecule has 0 aliphatic carbocycles. The largest absolute Gasteiger partial charge is 0.399 e. The highest BCUT2D eigenvalue weighted by atomic mass is 79.9. The van der Waals surface area contributed by atoms with Crippen LogP contribution in [0.5, 0.6) is 0 Å². The van der Waals surface area contributed by atoms with E-state index in [0.717, 1.165) is 28.7 Å². The van der Waals surface area contributed by atoms with Gasteiger partial charge in [-0.15, -0.1) is 0 Å². The van der Waals surface area contributed by atoms with Crippen molar-refractivity contribution < 1.29 is 4.39 Å². The Bertz CT molecular complexity index is 607. The van der Waals surface area contributed by atoms with Crippen LogP contribution in [0.2, 0.25) is 0 Å². The molecular weight excluding hydrogens is 307 g/mol. The van der Waals surface area contributed by atoms with Crippen molar-refractivity contribution in [2.75, 3.05) is 17.2 Å². The summed E-state index contributed by atoms with van der Waals surface area (Å²) in [6, 6.07) is 11.0. The molecule has 0 saturated carbocycles. The van der Waals surface area contributed by atoms with Crippen molar-refractivity contribution >= 4 is 27.3 Å². The summed E-state index contributed by atoms with van der Waals surface area (Å²) in [5, 5.41) is 0. The van der Waals surface area contributed by atoms with Crippen molar-refractivity contribution in [3.05, 3.63) is 57.8 Å². The molecule has 1 aliphatic heterocycles. The molecule has 0 radical (unpaired) electrons. The van der Waals surface area contributed by atoms with Crippen LogP contribution in [0.25, 0.3) is 0 Å². The second-order valence-electron chi connectivity index (χ2n) is 4.84. The summed E-state index contributed by atoms with van der Waals surface area (Å²) in [4.78, 5) is 2.26. The lowest BCUT2D eigenvalue weighted by molar-refractivity contribution is 0.623. The van der Waals surface area contributed by atoms with Gasteiger partial charge in [0.25, 0.3) is 0 Å². The maximum Gasteiger partial charge on any atom is 0.124 e. The lowest BCUT2D eigenvalue weighted by atomic mass is 10.1. The minimum atomic E-state index is -0.207. The highest BCUT2D eigenvalue weighted by Crippen LogP contribution is 2.31. The van der Waals surface area contributed by atoms with Gasteiger partial charge in [0.05, 0.1) is 0 Å². The first kappa shape index (κ1) is 12.5. The number of anilines is 2. The summed E-state index contributed by atoms with van der Waals surface area (Å²) in [5.41, 5.74) is 10.0. The Kier molecular flexibility index (Phi) is 3.19. The molecule has 0 fully saturated rings. The number of benzene rings is 2. The molecule has 19 heavy (non-hydrogen) atoms. The Balaban J connectivity index is 1.86. The van der Waals surface area contributed by atoms with Crippen LogP contribution < -0.4 is 10.6 Å². The summed E-state index contributed by atoms with van der Waals surface area (Å²) in [6.45, 7) is 1.67. The number of fused-ring (bicyclic) bond motifs is 1. The van der Waals surface area contributed by atoms with Crippen molar-refractivity contribution in [1.29, 1.82) is 0 Å². The predicted octanol–water partition coefficient (Wildman–Crippen LogP) is 3.73. The highest BCUT2D eigenvalue weighted by molar-refractivity contribution is 9.10. The number of nitrogens with two attached hydrogens (primary N) is 1. The van der Waals surface area contributed by atoms with Gasteiger partial charge in [0.1, 0.15) is 5.82 Å². The third-order valence-electron chi connectivity index (χ3n) is 3.39. The van der Waals surface area contributed by atoms with Crippen LogP contribution in [0.1, 0.15) is 11.1 Å². The fourth-order valence-electron chi connectivity index (χ4n) is 2.58. The number of hydrogen-bond acceptors (Lipinski definition) is 2. The molecule has 0 unspecified atom stereocenters. The molecule has 0 atom stereocenters. The normalized spacial score (nSPS) is 13.7. The van der Waals surface area contributed by atoms with E-state index in [1.165, 1.54) is 17.3 Å². The van der Waals surface area contributed by atoms with Crippen LogP contribution in [0, 0.1) is 5.82 Å². The van der Waals surface area contributed by atoms with Gasteiger partial charge in [-0.05, 0) is 53.9 Å². The van der Waals surface area contributed by atoms with Crippen LogP contribution in [0.3, 0.4) is 0 Å². The third kappa shape index (κ3) is 2.59. The Morgan fingerprint density at radius 1 is 1.21 bits per heavy atom. The Labute approximate surface area is 120 Å². The summed E-state index contributed by atoms with van der Waals surface area (Å²) < 4.78 is 14.2. The summed E-state index contributed by atoms with van der Waals surface area (Å²) >= 11 is 3.33. The molecule has 0 spiro atoms. The van der Waals surface area contributed by atoms with E-state index >= 15 is 0 Å². The van der Waals surface area contributed by atoms with Crippen LogP contribution in [0.4, 0.5) is 15.8 Å². The maximum absolute atomic E-state index is 13.4. The molecule has 0 saturated heterocycles. The molecule has 0 aromatic heterocycles. The van der Waals surface area contributed by atoms with E-state index in [2.05, 4.69) is 20.8 Å². The van der Waals surface area contributed by atoms with E-state index in [-0.39, 0.29) is 5.82 Å². The number of nitrogen functional groups attached to an aromatic ring is 1. The topological polar surface area (TPSA) is 29.3 Å². The molecule has 1 heterocycles. The van der Waals surface area contributed by atoms with Crippen molar-refractivity contribution in [3.63, 3.8) is 0 Å². The lowest BCUT2D eigenvalue weighted by Crippen LogP contribution is -2.19. The molecule has 0 amide bonds. The first-order valence-electron chi connectivity index (χ1n) is 6.20. The molecule has 2 nitrogen and oxygen atoms in total. The second kappa shape index (κ2) is 4.85. The molecule has 98 valence electrons. The SMILES string of the molecule is Nc1ccc2c(c1)CCN2Cc1cc(F)cc(Br)c1. The van der Waals surface area contributed by atoms with E-state index in [1.54, 1.807) is 6.07 Å². The molecule has 2 aromatic rings. The molecular formula is C15H14BrFN2. The van der Waals surface area contributed by atoms with Gasteiger partial charge >= 0.3 is 0 Å². The van der Waals surface area contributed by atoms with Gasteiger partial charge in [0, 0.05) is 28.9 Å². The average Bonchev–Trinajstić information content (AvgIpc) is 2.70. The third-order valence-corrected chi connectivity index (χ3v) is 3.85. The molecule has 2 aromatic carbocycles. The summed E-state index contributed by atoms with van der Waals surface area (Å²) in [5.74, 6) is -0.207. The van der Waals surface area contributed by atoms with Crippen molar-refractivity contribution in [1.82, 2.24) is 0 Å². The van der Waals surface area contributed by atoms with E-state index in [9.17, 15) is 4.39 Å². The number of rotatable bonds is 2. The zero-order valence-electron chi connectivity index (χ0n) is 10.4. The number of hydrogen-bond donors (Lipinski definition) is 1. The van der Waals surface area contributed by atoms with E-state index < -0.39 is 0 Å². The number of halogens is 2. The lowest BCUT2D eigenvalue weighted by Gasteiger charge is -2.19. The molecule has 2 N–H and O–H groups in total. The molecule has 3 rings (SSSR count). The molecule has 4 heteroatoms. The monoisotopic (exact) mass is 320 g/mol. The zero-order valence-corrected chi connectivity index (χ0v) is 12.0. The second-order valence-corrected chi connectivity index (χ2v) is 5.75. The Morgan fingerprint density at radius 3 is 2.84 bits per heavy atom. The smallest absolute Gasteiger partial charge is 0.124 e. The summed E-state index contributed by atoms with van der Waals surface area (Å²) in [7, 11) is 0. The van der Waals surface area contributed by atoms with E-state index in [1.807, 2.05) is 24.3 Å². The van der Waals surface area contributed by atoms with Gasteiger partial charge in [0.2, 0.25) is 0 Å². The highest BCUT2D eigenvalue weighted by Gasteiger charge is 2.19. The van der Waals surface area contributed by atoms with Crippen molar-refractivity contribution in [2.24, 2.45) is 0 Å². The zero-order chi connectivity index (χ0) is 13.4. The van der Waals surface area contributed by atoms with Crippen molar-refractivity contribution in [2.45, 2.75) is 13.0 Å². The Hall–Kier alpha value is -1.55. The molecule has 0 bridgehead atoms. The predicted molar refractivity (Wildman–Crippen MR) is 79.7 cm³/mol. The fraction of sp³-hybridized carbons (Fsp3) is 0.200. The first-order chi connectivity index (χ1) is 9.11.